The van der Waals surface area contributed by atoms with Crippen molar-refractivity contribution in [1.82, 2.24) is 0 Å². The van der Waals surface area contributed by atoms with Gasteiger partial charge in [0.05, 0.1) is 12.1 Å². The van der Waals surface area contributed by atoms with Crippen molar-refractivity contribution in [2.24, 2.45) is 5.73 Å². The van der Waals surface area contributed by atoms with E-state index in [2.05, 4.69) is 4.72 Å². The summed E-state index contributed by atoms with van der Waals surface area (Å²) in [6, 6.07) is 4.63. The van der Waals surface area contributed by atoms with Crippen molar-refractivity contribution in [3.05, 3.63) is 28.8 Å². The van der Waals surface area contributed by atoms with Crippen molar-refractivity contribution < 1.29 is 18.7 Å². The minimum absolute atomic E-state index is 0.112. The maximum atomic E-state index is 10.8. The maximum absolute atomic E-state index is 10.8. The van der Waals surface area contributed by atoms with E-state index in [0.717, 1.165) is 0 Å². The summed E-state index contributed by atoms with van der Waals surface area (Å²) in [6.07, 6.45) is -0.162. The summed E-state index contributed by atoms with van der Waals surface area (Å²) in [5.41, 5.74) is 6.38. The molecule has 2 atom stereocenters. The third-order valence-electron chi connectivity index (χ3n) is 2.36. The third kappa shape index (κ3) is 4.26. The summed E-state index contributed by atoms with van der Waals surface area (Å²) in [4.78, 5) is 10.7. The van der Waals surface area contributed by atoms with Crippen molar-refractivity contribution >= 4 is 34.5 Å². The molecule has 0 bridgehead atoms. The topological polar surface area (TPSA) is 113 Å². The minimum atomic E-state index is -2.26. The number of nitrogens with one attached hydrogen (secondary N) is 1. The van der Waals surface area contributed by atoms with Crippen LogP contribution in [-0.4, -0.2) is 26.4 Å². The Morgan fingerprint density at radius 3 is 2.72 bits per heavy atom. The van der Waals surface area contributed by atoms with Crippen LogP contribution in [0.25, 0.3) is 0 Å². The number of halogens is 1. The van der Waals surface area contributed by atoms with E-state index in [1.54, 1.807) is 12.1 Å². The normalized spacial score (nSPS) is 13.9. The lowest BCUT2D eigenvalue weighted by molar-refractivity contribution is -0.137. The van der Waals surface area contributed by atoms with Crippen LogP contribution in [0.2, 0.25) is 5.02 Å². The maximum Gasteiger partial charge on any atom is 0.304 e. The molecule has 1 aromatic carbocycles. The van der Waals surface area contributed by atoms with E-state index in [1.165, 1.54) is 6.07 Å². The zero-order chi connectivity index (χ0) is 13.7. The van der Waals surface area contributed by atoms with Crippen LogP contribution < -0.4 is 10.5 Å². The highest BCUT2D eigenvalue weighted by Crippen LogP contribution is 2.29. The highest BCUT2D eigenvalue weighted by atomic mass is 35.5. The smallest absolute Gasteiger partial charge is 0.304 e. The van der Waals surface area contributed by atoms with Crippen molar-refractivity contribution in [3.63, 3.8) is 0 Å². The number of carbonyl (C=O) groups is 1. The number of nitrogens with two attached hydrogens (primary N) is 1. The van der Waals surface area contributed by atoms with Crippen molar-refractivity contribution in [2.75, 3.05) is 11.3 Å². The Bertz CT molecular complexity index is 469. The lowest BCUT2D eigenvalue weighted by Crippen LogP contribution is -2.18. The largest absolute Gasteiger partial charge is 0.481 e. The summed E-state index contributed by atoms with van der Waals surface area (Å²) in [5, 5.41) is 9.17. The molecule has 18 heavy (non-hydrogen) atoms. The van der Waals surface area contributed by atoms with Gasteiger partial charge in [0.15, 0.2) is 0 Å². The molecule has 100 valence electrons. The molecule has 8 heteroatoms. The van der Waals surface area contributed by atoms with Crippen molar-refractivity contribution in [3.8, 4) is 0 Å². The Morgan fingerprint density at radius 1 is 1.56 bits per heavy atom. The van der Waals surface area contributed by atoms with Gasteiger partial charge in [0.2, 0.25) is 0 Å². The molecule has 0 aliphatic heterocycles. The van der Waals surface area contributed by atoms with Crippen LogP contribution >= 0.6 is 11.6 Å². The highest BCUT2D eigenvalue weighted by molar-refractivity contribution is 7.80. The molecule has 1 aromatic rings. The Balaban J connectivity index is 3.11. The number of rotatable bonds is 6. The number of anilines is 1. The summed E-state index contributed by atoms with van der Waals surface area (Å²) in [5.74, 6) is -1.44. The number of benzene rings is 1. The molecule has 0 radical (unpaired) electrons. The quantitative estimate of drug-likeness (QED) is 0.592. The van der Waals surface area contributed by atoms with Crippen molar-refractivity contribution in [2.45, 2.75) is 12.3 Å². The SMILES string of the molecule is NC[C@H](CC(=O)O)c1ccc(Cl)cc1NS(=O)O. The first kappa shape index (κ1) is 14.9. The van der Waals surface area contributed by atoms with Gasteiger partial charge in [-0.3, -0.25) is 14.1 Å². The molecular weight excluding hydrogens is 280 g/mol. The number of aliphatic carboxylic acids is 1. The Kier molecular flexibility index (Phi) is 5.54. The standard InChI is InChI=1S/C10H13ClN2O4S/c11-7-1-2-8(6(5-12)3-10(14)15)9(4-7)13-18(16)17/h1-2,4,6,13H,3,5,12H2,(H,14,15)(H,16,17)/t6-/m0/s1. The second kappa shape index (κ2) is 6.69. The van der Waals surface area contributed by atoms with Gasteiger partial charge in [-0.25, -0.2) is 4.21 Å². The Morgan fingerprint density at radius 2 is 2.22 bits per heavy atom. The molecule has 0 spiro atoms. The first-order valence-electron chi connectivity index (χ1n) is 5.03. The summed E-state index contributed by atoms with van der Waals surface area (Å²) >= 11 is 3.52. The first-order chi connectivity index (χ1) is 8.43. The van der Waals surface area contributed by atoms with E-state index in [9.17, 15) is 9.00 Å². The predicted octanol–water partition coefficient (Wildman–Crippen LogP) is 1.41. The van der Waals surface area contributed by atoms with Crippen LogP contribution in [-0.2, 0) is 16.1 Å². The van der Waals surface area contributed by atoms with E-state index in [4.69, 9.17) is 27.0 Å². The fourth-order valence-electron chi connectivity index (χ4n) is 1.60. The van der Waals surface area contributed by atoms with Gasteiger partial charge in [-0.15, -0.1) is 0 Å². The summed E-state index contributed by atoms with van der Waals surface area (Å²) < 4.78 is 21.9. The first-order valence-corrected chi connectivity index (χ1v) is 6.51. The summed E-state index contributed by atoms with van der Waals surface area (Å²) in [7, 11) is 0. The molecule has 0 saturated heterocycles. The van der Waals surface area contributed by atoms with Gasteiger partial charge in [-0.1, -0.05) is 17.7 Å². The molecular formula is C10H13ClN2O4S. The molecule has 0 saturated carbocycles. The van der Waals surface area contributed by atoms with Gasteiger partial charge in [0.1, 0.15) is 0 Å². The lowest BCUT2D eigenvalue weighted by Gasteiger charge is -2.17. The second-order valence-electron chi connectivity index (χ2n) is 3.61. The van der Waals surface area contributed by atoms with Crippen LogP contribution in [0.5, 0.6) is 0 Å². The van der Waals surface area contributed by atoms with Crippen molar-refractivity contribution in [1.29, 1.82) is 0 Å². The molecule has 0 aliphatic carbocycles. The predicted molar refractivity (Wildman–Crippen MR) is 69.9 cm³/mol. The molecule has 0 aliphatic rings. The number of hydrogen-bond acceptors (Lipinski definition) is 3. The molecule has 0 aromatic heterocycles. The molecule has 1 unspecified atom stereocenters. The van der Waals surface area contributed by atoms with Crippen LogP contribution in [0.3, 0.4) is 0 Å². The number of hydrogen-bond donors (Lipinski definition) is 4. The summed E-state index contributed by atoms with van der Waals surface area (Å²) in [6.45, 7) is 0.112. The van der Waals surface area contributed by atoms with Gasteiger partial charge < -0.3 is 10.8 Å². The zero-order valence-electron chi connectivity index (χ0n) is 9.30. The van der Waals surface area contributed by atoms with Crippen LogP contribution in [0.4, 0.5) is 5.69 Å². The van der Waals surface area contributed by atoms with Gasteiger partial charge in [-0.05, 0) is 24.2 Å². The number of carboxylic acids is 1. The Labute approximate surface area is 112 Å². The van der Waals surface area contributed by atoms with E-state index in [1.807, 2.05) is 0 Å². The van der Waals surface area contributed by atoms with Gasteiger partial charge >= 0.3 is 5.97 Å². The van der Waals surface area contributed by atoms with Crippen LogP contribution in [0.15, 0.2) is 18.2 Å². The third-order valence-corrected chi connectivity index (χ3v) is 2.99. The van der Waals surface area contributed by atoms with E-state index >= 15 is 0 Å². The molecule has 0 amide bonds. The van der Waals surface area contributed by atoms with E-state index < -0.39 is 23.2 Å². The molecule has 0 heterocycles. The minimum Gasteiger partial charge on any atom is -0.481 e. The second-order valence-corrected chi connectivity index (χ2v) is 4.75. The fourth-order valence-corrected chi connectivity index (χ4v) is 2.13. The average Bonchev–Trinajstić information content (AvgIpc) is 2.25. The van der Waals surface area contributed by atoms with Crippen LogP contribution in [0.1, 0.15) is 17.9 Å². The monoisotopic (exact) mass is 292 g/mol. The molecule has 5 N–H and O–H groups in total. The fraction of sp³-hybridized carbons (Fsp3) is 0.300. The molecule has 6 nitrogen and oxygen atoms in total. The van der Waals surface area contributed by atoms with Crippen LogP contribution in [0, 0.1) is 0 Å². The molecule has 0 fully saturated rings. The van der Waals surface area contributed by atoms with Gasteiger partial charge in [0.25, 0.3) is 11.3 Å². The highest BCUT2D eigenvalue weighted by Gasteiger charge is 2.18. The Hall–Kier alpha value is -1.15. The average molecular weight is 293 g/mol. The van der Waals surface area contributed by atoms with Gasteiger partial charge in [0, 0.05) is 10.9 Å². The number of carboxylic acid groups (broad SMARTS) is 1. The molecule has 1 rings (SSSR count). The zero-order valence-corrected chi connectivity index (χ0v) is 10.9. The van der Waals surface area contributed by atoms with E-state index in [0.29, 0.717) is 16.3 Å². The van der Waals surface area contributed by atoms with Gasteiger partial charge in [-0.2, -0.15) is 0 Å². The lowest BCUT2D eigenvalue weighted by atomic mass is 9.94. The van der Waals surface area contributed by atoms with E-state index in [-0.39, 0.29) is 13.0 Å².